The molecule has 0 unspecified atom stereocenters. The van der Waals surface area contributed by atoms with E-state index >= 15 is 0 Å². The number of likely N-dealkylation sites (tertiary alicyclic amines) is 1. The van der Waals surface area contributed by atoms with E-state index in [1.54, 1.807) is 30.2 Å². The number of ether oxygens (including phenoxy) is 2. The van der Waals surface area contributed by atoms with Crippen molar-refractivity contribution in [1.82, 2.24) is 4.90 Å². The lowest BCUT2D eigenvalue weighted by Crippen LogP contribution is -2.42. The van der Waals surface area contributed by atoms with Gasteiger partial charge < -0.3 is 19.5 Å². The molecule has 0 radical (unpaired) electrons. The molecule has 1 heterocycles. The first-order valence-electron chi connectivity index (χ1n) is 6.35. The highest BCUT2D eigenvalue weighted by atomic mass is 16.5. The highest BCUT2D eigenvalue weighted by Crippen LogP contribution is 2.28. The molecule has 1 aromatic carbocycles. The van der Waals surface area contributed by atoms with Gasteiger partial charge in [0.2, 0.25) is 0 Å². The van der Waals surface area contributed by atoms with Gasteiger partial charge in [0.05, 0.1) is 20.3 Å². The average molecular weight is 265 g/mol. The van der Waals surface area contributed by atoms with Crippen molar-refractivity contribution in [3.63, 3.8) is 0 Å². The Morgan fingerprint density at radius 2 is 2.05 bits per heavy atom. The Balaban J connectivity index is 2.19. The zero-order valence-electron chi connectivity index (χ0n) is 11.3. The van der Waals surface area contributed by atoms with E-state index in [2.05, 4.69) is 0 Å². The highest BCUT2D eigenvalue weighted by molar-refractivity contribution is 5.95. The van der Waals surface area contributed by atoms with E-state index in [9.17, 15) is 9.90 Å². The minimum atomic E-state index is -0.419. The first-order valence-corrected chi connectivity index (χ1v) is 6.35. The van der Waals surface area contributed by atoms with Gasteiger partial charge in [-0.05, 0) is 31.0 Å². The van der Waals surface area contributed by atoms with Crippen LogP contribution in [0.4, 0.5) is 0 Å². The van der Waals surface area contributed by atoms with Crippen molar-refractivity contribution in [1.29, 1.82) is 0 Å². The Hall–Kier alpha value is -1.75. The van der Waals surface area contributed by atoms with Crippen LogP contribution in [0, 0.1) is 0 Å². The number of carbonyl (C=O) groups is 1. The van der Waals surface area contributed by atoms with Crippen molar-refractivity contribution < 1.29 is 19.4 Å². The molecule has 0 aliphatic carbocycles. The number of aliphatic hydroxyl groups excluding tert-OH is 1. The third kappa shape index (κ3) is 2.98. The standard InChI is InChI=1S/C14H19NO4/c1-18-12-6-5-10(8-13(12)19-2)14(17)15-7-3-4-11(16)9-15/h5-6,8,11,16H,3-4,7,9H2,1-2H3/t11-/m0/s1. The summed E-state index contributed by atoms with van der Waals surface area (Å²) in [5.41, 5.74) is 0.548. The summed E-state index contributed by atoms with van der Waals surface area (Å²) in [6.45, 7) is 1.08. The van der Waals surface area contributed by atoms with Crippen molar-refractivity contribution in [2.24, 2.45) is 0 Å². The molecular formula is C14H19NO4. The van der Waals surface area contributed by atoms with E-state index in [0.29, 0.717) is 30.2 Å². The van der Waals surface area contributed by atoms with Crippen molar-refractivity contribution in [3.05, 3.63) is 23.8 Å². The number of amides is 1. The van der Waals surface area contributed by atoms with Gasteiger partial charge in [-0.3, -0.25) is 4.79 Å². The molecule has 104 valence electrons. The molecule has 1 N–H and O–H groups in total. The Labute approximate surface area is 112 Å². The Bertz CT molecular complexity index is 461. The summed E-state index contributed by atoms with van der Waals surface area (Å²) in [5.74, 6) is 1.04. The molecule has 19 heavy (non-hydrogen) atoms. The Morgan fingerprint density at radius 3 is 2.68 bits per heavy atom. The van der Waals surface area contributed by atoms with Gasteiger partial charge in [0.25, 0.3) is 5.91 Å². The first kappa shape index (κ1) is 13.7. The monoisotopic (exact) mass is 265 g/mol. The number of aliphatic hydroxyl groups is 1. The minimum absolute atomic E-state index is 0.0836. The molecule has 0 saturated carbocycles. The van der Waals surface area contributed by atoms with Gasteiger partial charge in [-0.1, -0.05) is 0 Å². The molecule has 5 nitrogen and oxygen atoms in total. The van der Waals surface area contributed by atoms with E-state index in [0.717, 1.165) is 12.8 Å². The van der Waals surface area contributed by atoms with Crippen LogP contribution in [0.5, 0.6) is 11.5 Å². The fourth-order valence-electron chi connectivity index (χ4n) is 2.29. The van der Waals surface area contributed by atoms with Gasteiger partial charge in [-0.25, -0.2) is 0 Å². The summed E-state index contributed by atoms with van der Waals surface area (Å²) in [6, 6.07) is 5.10. The molecule has 5 heteroatoms. The number of carbonyl (C=O) groups excluding carboxylic acids is 1. The number of rotatable bonds is 3. The van der Waals surface area contributed by atoms with Crippen LogP contribution in [0.25, 0.3) is 0 Å². The second kappa shape index (κ2) is 5.93. The molecule has 1 aromatic rings. The van der Waals surface area contributed by atoms with Gasteiger partial charge in [0, 0.05) is 18.7 Å². The van der Waals surface area contributed by atoms with Crippen LogP contribution in [-0.2, 0) is 0 Å². The second-order valence-electron chi connectivity index (χ2n) is 4.62. The van der Waals surface area contributed by atoms with Crippen LogP contribution in [-0.4, -0.2) is 49.3 Å². The maximum atomic E-state index is 12.3. The zero-order chi connectivity index (χ0) is 13.8. The molecule has 1 amide bonds. The van der Waals surface area contributed by atoms with Crippen molar-refractivity contribution in [2.75, 3.05) is 27.3 Å². The normalized spacial score (nSPS) is 19.1. The Morgan fingerprint density at radius 1 is 1.32 bits per heavy atom. The number of nitrogens with zero attached hydrogens (tertiary/aromatic N) is 1. The average Bonchev–Trinajstić information content (AvgIpc) is 2.45. The van der Waals surface area contributed by atoms with Gasteiger partial charge >= 0.3 is 0 Å². The maximum Gasteiger partial charge on any atom is 0.254 e. The van der Waals surface area contributed by atoms with E-state index in [1.165, 1.54) is 7.11 Å². The fourth-order valence-corrected chi connectivity index (χ4v) is 2.29. The van der Waals surface area contributed by atoms with Crippen LogP contribution in [0.1, 0.15) is 23.2 Å². The fraction of sp³-hybridized carbons (Fsp3) is 0.500. The van der Waals surface area contributed by atoms with Crippen LogP contribution >= 0.6 is 0 Å². The van der Waals surface area contributed by atoms with Gasteiger partial charge in [-0.2, -0.15) is 0 Å². The third-order valence-corrected chi connectivity index (χ3v) is 3.31. The first-order chi connectivity index (χ1) is 9.15. The molecule has 2 rings (SSSR count). The number of piperidine rings is 1. The van der Waals surface area contributed by atoms with Crippen molar-refractivity contribution in [3.8, 4) is 11.5 Å². The molecule has 1 fully saturated rings. The van der Waals surface area contributed by atoms with E-state index in [4.69, 9.17) is 9.47 Å². The lowest BCUT2D eigenvalue weighted by atomic mass is 10.1. The third-order valence-electron chi connectivity index (χ3n) is 3.31. The topological polar surface area (TPSA) is 59.0 Å². The predicted octanol–water partition coefficient (Wildman–Crippen LogP) is 1.30. The second-order valence-corrected chi connectivity index (χ2v) is 4.62. The van der Waals surface area contributed by atoms with Crippen LogP contribution in [0.2, 0.25) is 0 Å². The summed E-state index contributed by atoms with van der Waals surface area (Å²) in [7, 11) is 3.09. The summed E-state index contributed by atoms with van der Waals surface area (Å²) >= 11 is 0. The molecule has 0 bridgehead atoms. The van der Waals surface area contributed by atoms with Crippen molar-refractivity contribution >= 4 is 5.91 Å². The number of hydrogen-bond acceptors (Lipinski definition) is 4. The number of β-amino-alcohol motifs (C(OH)–C–C–N with tert-alkyl or cyclic N) is 1. The van der Waals surface area contributed by atoms with Gasteiger partial charge in [-0.15, -0.1) is 0 Å². The summed E-state index contributed by atoms with van der Waals surface area (Å²) in [5, 5.41) is 9.62. The molecular weight excluding hydrogens is 246 g/mol. The van der Waals surface area contributed by atoms with E-state index in [-0.39, 0.29) is 5.91 Å². The number of benzene rings is 1. The van der Waals surface area contributed by atoms with Crippen molar-refractivity contribution in [2.45, 2.75) is 18.9 Å². The van der Waals surface area contributed by atoms with Gasteiger partial charge in [0.1, 0.15) is 0 Å². The molecule has 1 aliphatic rings. The van der Waals surface area contributed by atoms with Crippen LogP contribution in [0.3, 0.4) is 0 Å². The molecule has 0 spiro atoms. The van der Waals surface area contributed by atoms with Crippen LogP contribution < -0.4 is 9.47 Å². The van der Waals surface area contributed by atoms with Crippen LogP contribution in [0.15, 0.2) is 18.2 Å². The molecule has 0 aromatic heterocycles. The smallest absolute Gasteiger partial charge is 0.254 e. The van der Waals surface area contributed by atoms with E-state index in [1.807, 2.05) is 0 Å². The largest absolute Gasteiger partial charge is 0.493 e. The lowest BCUT2D eigenvalue weighted by Gasteiger charge is -2.30. The lowest BCUT2D eigenvalue weighted by molar-refractivity contribution is 0.0473. The quantitative estimate of drug-likeness (QED) is 0.895. The number of hydrogen-bond donors (Lipinski definition) is 1. The SMILES string of the molecule is COc1ccc(C(=O)N2CCC[C@H](O)C2)cc1OC. The Kier molecular flexibility index (Phi) is 4.27. The zero-order valence-corrected chi connectivity index (χ0v) is 11.3. The summed E-state index contributed by atoms with van der Waals surface area (Å²) in [4.78, 5) is 14.0. The highest BCUT2D eigenvalue weighted by Gasteiger charge is 2.23. The van der Waals surface area contributed by atoms with Gasteiger partial charge in [0.15, 0.2) is 11.5 Å². The summed E-state index contributed by atoms with van der Waals surface area (Å²) in [6.07, 6.45) is 1.17. The molecule has 1 atom stereocenters. The maximum absolute atomic E-state index is 12.3. The van der Waals surface area contributed by atoms with E-state index < -0.39 is 6.10 Å². The minimum Gasteiger partial charge on any atom is -0.493 e. The number of methoxy groups -OCH3 is 2. The predicted molar refractivity (Wildman–Crippen MR) is 70.7 cm³/mol. The molecule has 1 saturated heterocycles. The summed E-state index contributed by atoms with van der Waals surface area (Å²) < 4.78 is 10.3. The molecule has 1 aliphatic heterocycles.